The highest BCUT2D eigenvalue weighted by molar-refractivity contribution is 6.32. The summed E-state index contributed by atoms with van der Waals surface area (Å²) in [6.07, 6.45) is 4.90. The fourth-order valence-electron chi connectivity index (χ4n) is 4.11. The number of rotatable bonds is 4. The van der Waals surface area contributed by atoms with Gasteiger partial charge in [0.25, 0.3) is 0 Å². The molecule has 0 unspecified atom stereocenters. The molecule has 1 aliphatic rings. The number of hydrogen-bond donors (Lipinski definition) is 1. The van der Waals surface area contributed by atoms with Gasteiger partial charge in [-0.1, -0.05) is 17.7 Å². The number of phenolic OH excluding ortho intramolecular Hbond substituents is 1. The van der Waals surface area contributed by atoms with E-state index >= 15 is 0 Å². The van der Waals surface area contributed by atoms with Crippen LogP contribution in [0.5, 0.6) is 5.75 Å². The monoisotopic (exact) mass is 480 g/mol. The first-order valence-corrected chi connectivity index (χ1v) is 11.2. The number of hydrogen-bond acceptors (Lipinski definition) is 5. The largest absolute Gasteiger partial charge is 0.507 e. The fourth-order valence-corrected chi connectivity index (χ4v) is 4.38. The van der Waals surface area contributed by atoms with E-state index in [0.29, 0.717) is 59.3 Å². The Morgan fingerprint density at radius 2 is 1.74 bits per heavy atom. The van der Waals surface area contributed by atoms with Gasteiger partial charge in [-0.25, -0.2) is 14.2 Å². The van der Waals surface area contributed by atoms with E-state index < -0.39 is 5.82 Å². The molecule has 174 valence electrons. The van der Waals surface area contributed by atoms with Crippen LogP contribution >= 0.6 is 11.6 Å². The van der Waals surface area contributed by atoms with Crippen molar-refractivity contribution in [3.63, 3.8) is 0 Å². The number of benzene rings is 2. The van der Waals surface area contributed by atoms with Crippen molar-refractivity contribution in [2.75, 3.05) is 31.2 Å². The van der Waals surface area contributed by atoms with Gasteiger partial charge in [0.1, 0.15) is 17.4 Å². The zero-order valence-corrected chi connectivity index (χ0v) is 19.2. The van der Waals surface area contributed by atoms with Crippen LogP contribution in [0.4, 0.5) is 10.2 Å². The van der Waals surface area contributed by atoms with E-state index in [1.165, 1.54) is 21.3 Å². The summed E-state index contributed by atoms with van der Waals surface area (Å²) in [6, 6.07) is 11.1. The number of halogens is 2. The fraction of sp³-hybridized carbons (Fsp3) is 0.200. The number of morpholine rings is 1. The smallest absolute Gasteiger partial charge is 0.332 e. The Morgan fingerprint density at radius 3 is 2.38 bits per heavy atom. The lowest BCUT2D eigenvalue weighted by atomic mass is 9.97. The first-order chi connectivity index (χ1) is 16.4. The number of imidazole rings is 1. The lowest BCUT2D eigenvalue weighted by Crippen LogP contribution is -2.36. The summed E-state index contributed by atoms with van der Waals surface area (Å²) in [6.45, 7) is 2.67. The van der Waals surface area contributed by atoms with Crippen molar-refractivity contribution in [2.24, 2.45) is 7.05 Å². The van der Waals surface area contributed by atoms with Gasteiger partial charge in [-0.15, -0.1) is 0 Å². The van der Waals surface area contributed by atoms with Gasteiger partial charge in [0.05, 0.1) is 23.9 Å². The lowest BCUT2D eigenvalue weighted by molar-refractivity contribution is 0.122. The van der Waals surface area contributed by atoms with E-state index in [4.69, 9.17) is 16.3 Å². The molecule has 0 amide bonds. The van der Waals surface area contributed by atoms with Crippen molar-refractivity contribution in [1.82, 2.24) is 14.1 Å². The van der Waals surface area contributed by atoms with Crippen molar-refractivity contribution in [3.05, 3.63) is 82.4 Å². The maximum atomic E-state index is 14.7. The van der Waals surface area contributed by atoms with Gasteiger partial charge in [-0.05, 0) is 47.5 Å². The van der Waals surface area contributed by atoms with E-state index in [1.807, 2.05) is 6.07 Å². The molecule has 34 heavy (non-hydrogen) atoms. The van der Waals surface area contributed by atoms with Gasteiger partial charge >= 0.3 is 5.69 Å². The van der Waals surface area contributed by atoms with Crippen molar-refractivity contribution >= 4 is 17.4 Å². The summed E-state index contributed by atoms with van der Waals surface area (Å²) < 4.78 is 23.0. The first-order valence-electron chi connectivity index (χ1n) is 10.8. The molecular weight excluding hydrogens is 459 g/mol. The molecule has 3 heterocycles. The van der Waals surface area contributed by atoms with Crippen LogP contribution < -0.4 is 10.6 Å². The average molecular weight is 481 g/mol. The molecule has 0 bridgehead atoms. The van der Waals surface area contributed by atoms with Crippen LogP contribution in [0.15, 0.2) is 65.8 Å². The van der Waals surface area contributed by atoms with Gasteiger partial charge < -0.3 is 19.3 Å². The highest BCUT2D eigenvalue weighted by atomic mass is 35.5. The van der Waals surface area contributed by atoms with Crippen LogP contribution in [-0.2, 0) is 11.8 Å². The Balaban J connectivity index is 1.55. The van der Waals surface area contributed by atoms with Crippen molar-refractivity contribution in [1.29, 1.82) is 0 Å². The minimum Gasteiger partial charge on any atom is -0.507 e. The summed E-state index contributed by atoms with van der Waals surface area (Å²) in [5, 5.41) is 11.4. The van der Waals surface area contributed by atoms with Crippen molar-refractivity contribution in [2.45, 2.75) is 0 Å². The summed E-state index contributed by atoms with van der Waals surface area (Å²) in [5.74, 6) is 0.181. The minimum atomic E-state index is -0.494. The van der Waals surface area contributed by atoms with E-state index in [1.54, 1.807) is 49.9 Å². The third-order valence-corrected chi connectivity index (χ3v) is 6.23. The molecule has 0 saturated carbocycles. The molecule has 2 aromatic heterocycles. The molecule has 4 aromatic rings. The molecule has 1 saturated heterocycles. The van der Waals surface area contributed by atoms with Crippen LogP contribution in [0.1, 0.15) is 0 Å². The highest BCUT2D eigenvalue weighted by Crippen LogP contribution is 2.40. The Hall–Kier alpha value is -3.62. The second-order valence-electron chi connectivity index (χ2n) is 8.08. The molecule has 1 N–H and O–H groups in total. The molecule has 0 atom stereocenters. The number of pyridine rings is 1. The third-order valence-electron chi connectivity index (χ3n) is 5.93. The number of aryl methyl sites for hydroxylation is 1. The molecule has 0 radical (unpaired) electrons. The van der Waals surface area contributed by atoms with Gasteiger partial charge in [-0.3, -0.25) is 4.57 Å². The van der Waals surface area contributed by atoms with Gasteiger partial charge in [-0.2, -0.15) is 0 Å². The zero-order valence-electron chi connectivity index (χ0n) is 18.4. The topological polar surface area (TPSA) is 72.5 Å². The molecule has 0 spiro atoms. The summed E-state index contributed by atoms with van der Waals surface area (Å²) in [5.41, 5.74) is 2.09. The van der Waals surface area contributed by atoms with Crippen LogP contribution in [0.3, 0.4) is 0 Å². The average Bonchev–Trinajstić information content (AvgIpc) is 3.18. The molecule has 1 fully saturated rings. The summed E-state index contributed by atoms with van der Waals surface area (Å²) in [7, 11) is 1.65. The van der Waals surface area contributed by atoms with Gasteiger partial charge in [0, 0.05) is 49.9 Å². The maximum absolute atomic E-state index is 14.7. The van der Waals surface area contributed by atoms with Crippen LogP contribution in [-0.4, -0.2) is 45.5 Å². The van der Waals surface area contributed by atoms with Crippen LogP contribution in [0, 0.1) is 5.82 Å². The molecule has 0 aliphatic carbocycles. The number of anilines is 1. The highest BCUT2D eigenvalue weighted by Gasteiger charge is 2.18. The standard InChI is InChI=1S/C25H22ClFN4O3/c1-29-6-7-31(25(29)33)22-3-2-16(12-21(22)26)19-14-18(27)15-20(24(19)32)17-4-5-28-23(13-17)30-8-10-34-11-9-30/h2-7,12-15,32H,8-11H2,1H3. The number of phenols is 1. The molecule has 2 aromatic carbocycles. The van der Waals surface area contributed by atoms with E-state index in [0.717, 1.165) is 5.82 Å². The van der Waals surface area contributed by atoms with E-state index in [9.17, 15) is 14.3 Å². The number of aromatic nitrogens is 3. The Kier molecular flexibility index (Phi) is 5.85. The van der Waals surface area contributed by atoms with Gasteiger partial charge in [0.2, 0.25) is 0 Å². The third kappa shape index (κ3) is 4.06. The molecular formula is C25H22ClFN4O3. The Morgan fingerprint density at radius 1 is 1.03 bits per heavy atom. The molecule has 5 rings (SSSR count). The summed E-state index contributed by atoms with van der Waals surface area (Å²) >= 11 is 6.48. The Labute approximate surface area is 200 Å². The van der Waals surface area contributed by atoms with Crippen LogP contribution in [0.2, 0.25) is 5.02 Å². The van der Waals surface area contributed by atoms with E-state index in [2.05, 4.69) is 9.88 Å². The number of aromatic hydroxyl groups is 1. The lowest BCUT2D eigenvalue weighted by Gasteiger charge is -2.28. The second kappa shape index (κ2) is 8.96. The second-order valence-corrected chi connectivity index (χ2v) is 8.49. The van der Waals surface area contributed by atoms with Gasteiger partial charge in [0.15, 0.2) is 0 Å². The molecule has 7 nitrogen and oxygen atoms in total. The molecule has 9 heteroatoms. The number of ether oxygens (including phenoxy) is 1. The minimum absolute atomic E-state index is 0.0683. The maximum Gasteiger partial charge on any atom is 0.332 e. The van der Waals surface area contributed by atoms with Crippen molar-refractivity contribution in [3.8, 4) is 33.7 Å². The molecule has 1 aliphatic heterocycles. The van der Waals surface area contributed by atoms with Crippen LogP contribution in [0.25, 0.3) is 27.9 Å². The zero-order chi connectivity index (χ0) is 23.8. The summed E-state index contributed by atoms with van der Waals surface area (Å²) in [4.78, 5) is 18.8. The first kappa shape index (κ1) is 22.2. The SMILES string of the molecule is Cn1ccn(-c2ccc(-c3cc(F)cc(-c4ccnc(N5CCOCC5)c4)c3O)cc2Cl)c1=O. The van der Waals surface area contributed by atoms with Crippen molar-refractivity contribution < 1.29 is 14.2 Å². The Bertz CT molecular complexity index is 1430. The predicted octanol–water partition coefficient (Wildman–Crippen LogP) is 4.24. The van der Waals surface area contributed by atoms with E-state index in [-0.39, 0.29) is 11.4 Å². The number of nitrogens with zero attached hydrogens (tertiary/aromatic N) is 4. The normalized spacial score (nSPS) is 13.9. The predicted molar refractivity (Wildman–Crippen MR) is 129 cm³/mol. The quantitative estimate of drug-likeness (QED) is 0.473.